The fourth-order valence-corrected chi connectivity index (χ4v) is 4.67. The number of hydrogen-bond donors (Lipinski definition) is 3. The van der Waals surface area contributed by atoms with Gasteiger partial charge >= 0.3 is 6.09 Å². The number of amides is 4. The maximum Gasteiger partial charge on any atom is 0.411 e. The molecule has 2 aromatic carbocycles. The molecule has 4 rings (SSSR count). The van der Waals surface area contributed by atoms with E-state index in [-0.39, 0.29) is 31.7 Å². The van der Waals surface area contributed by atoms with E-state index >= 15 is 0 Å². The first-order chi connectivity index (χ1) is 17.6. The van der Waals surface area contributed by atoms with E-state index < -0.39 is 47.7 Å². The van der Waals surface area contributed by atoms with Crippen LogP contribution in [0.15, 0.2) is 60.7 Å². The van der Waals surface area contributed by atoms with E-state index in [0.29, 0.717) is 0 Å². The Hall–Kier alpha value is -3.88. The second-order valence-corrected chi connectivity index (χ2v) is 10.6. The van der Waals surface area contributed by atoms with Crippen LogP contribution in [-0.4, -0.2) is 65.0 Å². The number of nitrogens with zero attached hydrogens (tertiary/aromatic N) is 1. The Morgan fingerprint density at radius 2 is 1.30 bits per heavy atom. The highest BCUT2D eigenvalue weighted by molar-refractivity contribution is 5.95. The van der Waals surface area contributed by atoms with Crippen LogP contribution >= 0.6 is 0 Å². The highest BCUT2D eigenvalue weighted by atomic mass is 16.6. The summed E-state index contributed by atoms with van der Waals surface area (Å²) < 4.78 is 5.53. The van der Waals surface area contributed by atoms with Gasteiger partial charge in [-0.1, -0.05) is 60.7 Å². The third-order valence-corrected chi connectivity index (χ3v) is 6.41. The van der Waals surface area contributed by atoms with E-state index in [1.54, 1.807) is 20.8 Å². The number of hydrogen-bond acceptors (Lipinski definition) is 5. The molecule has 2 fully saturated rings. The average molecular weight is 507 g/mol. The molecule has 2 aromatic rings. The molecule has 2 aliphatic heterocycles. The lowest BCUT2D eigenvalue weighted by Gasteiger charge is -2.30. The van der Waals surface area contributed by atoms with Crippen molar-refractivity contribution in [1.29, 1.82) is 0 Å². The van der Waals surface area contributed by atoms with E-state index in [9.17, 15) is 19.2 Å². The predicted octanol–water partition coefficient (Wildman–Crippen LogP) is 1.95. The number of ether oxygens (including phenoxy) is 1. The SMILES string of the molecule is CC(C)(C)OC(=O)N1C[C@@H]2C[C@H]1C(=O)N[C@H](Cc1ccccc1)C(=O)N[C@@H](Cc1ccccc1)C(=O)N2. The predicted molar refractivity (Wildman–Crippen MR) is 137 cm³/mol. The summed E-state index contributed by atoms with van der Waals surface area (Å²) in [5.41, 5.74) is 0.998. The van der Waals surface area contributed by atoms with Crippen molar-refractivity contribution < 1.29 is 23.9 Å². The lowest BCUT2D eigenvalue weighted by molar-refractivity contribution is -0.133. The maximum absolute atomic E-state index is 13.4. The van der Waals surface area contributed by atoms with Crippen molar-refractivity contribution in [3.8, 4) is 0 Å². The van der Waals surface area contributed by atoms with Crippen LogP contribution in [0.25, 0.3) is 0 Å². The smallest absolute Gasteiger partial charge is 0.411 e. The molecule has 37 heavy (non-hydrogen) atoms. The lowest BCUT2D eigenvalue weighted by Crippen LogP contribution is -2.58. The van der Waals surface area contributed by atoms with Gasteiger partial charge in [0.2, 0.25) is 17.7 Å². The Morgan fingerprint density at radius 3 is 1.81 bits per heavy atom. The molecule has 2 aliphatic rings. The van der Waals surface area contributed by atoms with Gasteiger partial charge in [-0.15, -0.1) is 0 Å². The zero-order chi connectivity index (χ0) is 26.6. The summed E-state index contributed by atoms with van der Waals surface area (Å²) in [5.74, 6) is -1.28. The van der Waals surface area contributed by atoms with Gasteiger partial charge in [0.1, 0.15) is 23.7 Å². The van der Waals surface area contributed by atoms with Gasteiger partial charge < -0.3 is 20.7 Å². The summed E-state index contributed by atoms with van der Waals surface area (Å²) in [6, 6.07) is 15.6. The molecule has 9 nitrogen and oxygen atoms in total. The fraction of sp³-hybridized carbons (Fsp3) is 0.429. The van der Waals surface area contributed by atoms with Crippen LogP contribution in [0.2, 0.25) is 0 Å². The quantitative estimate of drug-likeness (QED) is 0.586. The number of nitrogens with one attached hydrogen (secondary N) is 3. The Kier molecular flexibility index (Phi) is 7.80. The molecule has 2 saturated heterocycles. The zero-order valence-corrected chi connectivity index (χ0v) is 21.4. The third-order valence-electron chi connectivity index (χ3n) is 6.41. The highest BCUT2D eigenvalue weighted by Gasteiger charge is 2.44. The van der Waals surface area contributed by atoms with Crippen LogP contribution < -0.4 is 16.0 Å². The summed E-state index contributed by atoms with van der Waals surface area (Å²) >= 11 is 0. The first-order valence-corrected chi connectivity index (χ1v) is 12.6. The molecule has 4 atom stereocenters. The van der Waals surface area contributed by atoms with Crippen molar-refractivity contribution in [3.05, 3.63) is 71.8 Å². The molecule has 0 aliphatic carbocycles. The van der Waals surface area contributed by atoms with Gasteiger partial charge in [0.25, 0.3) is 0 Å². The van der Waals surface area contributed by atoms with Crippen molar-refractivity contribution in [1.82, 2.24) is 20.9 Å². The number of rotatable bonds is 4. The number of carbonyl (C=O) groups is 4. The van der Waals surface area contributed by atoms with Crippen molar-refractivity contribution in [2.45, 2.75) is 69.8 Å². The van der Waals surface area contributed by atoms with E-state index in [1.807, 2.05) is 60.7 Å². The fourth-order valence-electron chi connectivity index (χ4n) is 4.67. The van der Waals surface area contributed by atoms with Crippen molar-refractivity contribution in [2.24, 2.45) is 0 Å². The van der Waals surface area contributed by atoms with Gasteiger partial charge in [0, 0.05) is 25.4 Å². The molecular weight excluding hydrogens is 472 g/mol. The first-order valence-electron chi connectivity index (χ1n) is 12.6. The monoisotopic (exact) mass is 506 g/mol. The first kappa shape index (κ1) is 26.2. The van der Waals surface area contributed by atoms with Gasteiger partial charge in [-0.25, -0.2) is 4.79 Å². The highest BCUT2D eigenvalue weighted by Crippen LogP contribution is 2.23. The van der Waals surface area contributed by atoms with Gasteiger partial charge in [-0.05, 0) is 38.3 Å². The molecule has 0 spiro atoms. The molecule has 2 bridgehead atoms. The van der Waals surface area contributed by atoms with Crippen LogP contribution in [0.1, 0.15) is 38.3 Å². The third kappa shape index (κ3) is 6.87. The van der Waals surface area contributed by atoms with Crippen LogP contribution in [-0.2, 0) is 32.0 Å². The molecule has 3 N–H and O–H groups in total. The molecular formula is C28H34N4O5. The van der Waals surface area contributed by atoms with Crippen LogP contribution in [0, 0.1) is 0 Å². The lowest BCUT2D eigenvalue weighted by atomic mass is 10.0. The number of fused-ring (bicyclic) bond motifs is 2. The molecule has 2 heterocycles. The number of carbonyl (C=O) groups excluding carboxylic acids is 4. The summed E-state index contributed by atoms with van der Waals surface area (Å²) in [4.78, 5) is 54.5. The molecule has 4 amide bonds. The maximum atomic E-state index is 13.4. The largest absolute Gasteiger partial charge is 0.444 e. The van der Waals surface area contributed by atoms with E-state index in [1.165, 1.54) is 4.90 Å². The number of benzene rings is 2. The summed E-state index contributed by atoms with van der Waals surface area (Å²) in [6.45, 7) is 5.39. The summed E-state index contributed by atoms with van der Waals surface area (Å²) in [7, 11) is 0. The van der Waals surface area contributed by atoms with Gasteiger partial charge in [-0.2, -0.15) is 0 Å². The van der Waals surface area contributed by atoms with Gasteiger partial charge in [-0.3, -0.25) is 19.3 Å². The minimum atomic E-state index is -0.932. The minimum Gasteiger partial charge on any atom is -0.444 e. The normalized spacial score (nSPS) is 24.4. The second kappa shape index (κ2) is 11.0. The van der Waals surface area contributed by atoms with Crippen LogP contribution in [0.5, 0.6) is 0 Å². The Morgan fingerprint density at radius 1 is 0.811 bits per heavy atom. The zero-order valence-electron chi connectivity index (χ0n) is 21.4. The molecule has 0 aromatic heterocycles. The standard InChI is InChI=1S/C28H34N4O5/c1-28(2,3)37-27(36)32-17-20-16-23(32)26(35)31-22(15-19-12-8-5-9-13-19)25(34)30-21(24(33)29-20)14-18-10-6-4-7-11-18/h4-13,20-23H,14-17H2,1-3H3,(H,29,33)(H,30,34)(H,31,35)/t20-,21-,22+,23-/m0/s1. The second-order valence-electron chi connectivity index (χ2n) is 10.6. The van der Waals surface area contributed by atoms with Crippen LogP contribution in [0.3, 0.4) is 0 Å². The van der Waals surface area contributed by atoms with Crippen molar-refractivity contribution in [2.75, 3.05) is 6.54 Å². The van der Waals surface area contributed by atoms with E-state index in [2.05, 4.69) is 16.0 Å². The van der Waals surface area contributed by atoms with E-state index in [4.69, 9.17) is 4.74 Å². The Balaban J connectivity index is 1.64. The number of likely N-dealkylation sites (tertiary alicyclic amines) is 1. The Bertz CT molecular complexity index is 1130. The van der Waals surface area contributed by atoms with E-state index in [0.717, 1.165) is 11.1 Å². The summed E-state index contributed by atoms with van der Waals surface area (Å²) in [5, 5.41) is 8.65. The molecule has 9 heteroatoms. The minimum absolute atomic E-state index is 0.133. The molecule has 0 radical (unpaired) electrons. The van der Waals surface area contributed by atoms with Crippen molar-refractivity contribution in [3.63, 3.8) is 0 Å². The average Bonchev–Trinajstić information content (AvgIpc) is 3.27. The molecule has 0 saturated carbocycles. The van der Waals surface area contributed by atoms with Crippen molar-refractivity contribution >= 4 is 23.8 Å². The topological polar surface area (TPSA) is 117 Å². The summed E-state index contributed by atoms with van der Waals surface area (Å²) in [6.07, 6.45) is 0.115. The van der Waals surface area contributed by atoms with Gasteiger partial charge in [0.05, 0.1) is 0 Å². The molecule has 0 unspecified atom stereocenters. The molecule has 196 valence electrons. The Labute approximate surface area is 216 Å². The van der Waals surface area contributed by atoms with Crippen LogP contribution in [0.4, 0.5) is 4.79 Å². The van der Waals surface area contributed by atoms with Gasteiger partial charge in [0.15, 0.2) is 0 Å².